The van der Waals surface area contributed by atoms with Crippen molar-refractivity contribution in [2.75, 3.05) is 0 Å². The molecule has 0 N–H and O–H groups in total. The molecule has 1 nitrogen and oxygen atoms in total. The summed E-state index contributed by atoms with van der Waals surface area (Å²) in [5.74, 6) is 0. The molecular weight excluding hydrogens is 256 g/mol. The highest BCUT2D eigenvalue weighted by atomic mass is 79.9. The van der Waals surface area contributed by atoms with Crippen molar-refractivity contribution >= 4 is 27.5 Å². The van der Waals surface area contributed by atoms with Gasteiger partial charge in [0.2, 0.25) is 0 Å². The van der Waals surface area contributed by atoms with Gasteiger partial charge < -0.3 is 0 Å². The summed E-state index contributed by atoms with van der Waals surface area (Å²) in [6, 6.07) is 6.58. The first-order chi connectivity index (χ1) is 5.95. The van der Waals surface area contributed by atoms with Crippen LogP contribution in [0.2, 0.25) is 0 Å². The maximum absolute atomic E-state index is 13.2. The van der Waals surface area contributed by atoms with Gasteiger partial charge in [-0.3, -0.25) is 0 Å². The number of rotatable bonds is 1. The maximum atomic E-state index is 13.2. The van der Waals surface area contributed by atoms with Gasteiger partial charge in [-0.1, -0.05) is 17.7 Å². The van der Waals surface area contributed by atoms with Gasteiger partial charge in [0, 0.05) is 5.56 Å². The zero-order valence-corrected chi connectivity index (χ0v) is 9.16. The van der Waals surface area contributed by atoms with Crippen molar-refractivity contribution in [3.63, 3.8) is 0 Å². The highest BCUT2D eigenvalue weighted by molar-refractivity contribution is 9.10. The van der Waals surface area contributed by atoms with Crippen molar-refractivity contribution in [2.45, 2.75) is 11.0 Å². The predicted octanol–water partition coefficient (Wildman–Crippen LogP) is 3.58. The summed E-state index contributed by atoms with van der Waals surface area (Å²) in [7, 11) is 0. The van der Waals surface area contributed by atoms with Crippen molar-refractivity contribution < 1.29 is 4.39 Å². The molecule has 1 rings (SSSR count). The molecule has 0 aliphatic heterocycles. The number of nitriles is 1. The number of hydrogen-bond acceptors (Lipinski definition) is 1. The van der Waals surface area contributed by atoms with E-state index in [4.69, 9.17) is 16.9 Å². The smallest absolute Gasteiger partial charge is 0.208 e. The van der Waals surface area contributed by atoms with Crippen LogP contribution in [0.15, 0.2) is 18.2 Å². The summed E-state index contributed by atoms with van der Waals surface area (Å²) in [6.07, 6.45) is 0. The van der Waals surface area contributed by atoms with Gasteiger partial charge in [0.25, 0.3) is 4.04 Å². The van der Waals surface area contributed by atoms with Crippen molar-refractivity contribution in [1.82, 2.24) is 0 Å². The van der Waals surface area contributed by atoms with Crippen LogP contribution in [0.4, 0.5) is 4.39 Å². The zero-order valence-electron chi connectivity index (χ0n) is 6.81. The summed E-state index contributed by atoms with van der Waals surface area (Å²) >= 11 is 8.13. The van der Waals surface area contributed by atoms with Gasteiger partial charge in [0.15, 0.2) is 0 Å². The van der Waals surface area contributed by atoms with Crippen molar-refractivity contribution in [3.05, 3.63) is 34.9 Å². The van der Waals surface area contributed by atoms with E-state index in [9.17, 15) is 4.39 Å². The average Bonchev–Trinajstić information content (AvgIpc) is 2.01. The normalized spacial score (nSPS) is 14.7. The van der Waals surface area contributed by atoms with E-state index >= 15 is 0 Å². The van der Waals surface area contributed by atoms with E-state index in [1.54, 1.807) is 13.0 Å². The molecule has 0 saturated heterocycles. The van der Waals surface area contributed by atoms with Crippen LogP contribution >= 0.6 is 27.5 Å². The van der Waals surface area contributed by atoms with Crippen LogP contribution in [0.25, 0.3) is 0 Å². The number of aryl methyl sites for hydroxylation is 1. The molecule has 0 heterocycles. The molecule has 1 atom stereocenters. The predicted molar refractivity (Wildman–Crippen MR) is 53.5 cm³/mol. The van der Waals surface area contributed by atoms with Crippen LogP contribution in [-0.4, -0.2) is 0 Å². The molecule has 0 spiro atoms. The molecular formula is C9H6BrClFN. The lowest BCUT2D eigenvalue weighted by atomic mass is 10.1. The Labute approximate surface area is 89.3 Å². The summed E-state index contributed by atoms with van der Waals surface area (Å²) in [5, 5.41) is 8.57. The second-order valence-electron chi connectivity index (χ2n) is 2.64. The standard InChI is InChI=1S/C9H6BrClFN/c1-6-4-7(5-13)2-3-8(6)9(10,11)12/h2-4H,1H3. The Hall–Kier alpha value is -0.590. The van der Waals surface area contributed by atoms with Crippen LogP contribution in [0, 0.1) is 18.3 Å². The molecule has 13 heavy (non-hydrogen) atoms. The van der Waals surface area contributed by atoms with Crippen LogP contribution in [-0.2, 0) is 4.04 Å². The molecule has 0 amide bonds. The van der Waals surface area contributed by atoms with E-state index in [-0.39, 0.29) is 0 Å². The lowest BCUT2D eigenvalue weighted by Crippen LogP contribution is -2.03. The first-order valence-corrected chi connectivity index (χ1v) is 4.70. The lowest BCUT2D eigenvalue weighted by molar-refractivity contribution is 0.423. The van der Waals surface area contributed by atoms with Crippen LogP contribution < -0.4 is 0 Å². The topological polar surface area (TPSA) is 23.8 Å². The van der Waals surface area contributed by atoms with Crippen LogP contribution in [0.5, 0.6) is 0 Å². The number of alkyl halides is 3. The van der Waals surface area contributed by atoms with Gasteiger partial charge in [0.05, 0.1) is 11.6 Å². The molecule has 1 aromatic carbocycles. The fourth-order valence-electron chi connectivity index (χ4n) is 1.05. The van der Waals surface area contributed by atoms with E-state index < -0.39 is 4.04 Å². The molecule has 0 bridgehead atoms. The second-order valence-corrected chi connectivity index (χ2v) is 4.71. The third-order valence-electron chi connectivity index (χ3n) is 1.66. The molecule has 0 saturated carbocycles. The summed E-state index contributed by atoms with van der Waals surface area (Å²) in [6.45, 7) is 1.70. The monoisotopic (exact) mass is 261 g/mol. The fourth-order valence-corrected chi connectivity index (χ4v) is 1.71. The summed E-state index contributed by atoms with van der Waals surface area (Å²) < 4.78 is 11.2. The summed E-state index contributed by atoms with van der Waals surface area (Å²) in [5.41, 5.74) is 1.47. The Kier molecular flexibility index (Phi) is 2.94. The molecule has 1 unspecified atom stereocenters. The molecule has 1 aromatic rings. The average molecular weight is 263 g/mol. The van der Waals surface area contributed by atoms with Gasteiger partial charge in [-0.15, -0.1) is 0 Å². The highest BCUT2D eigenvalue weighted by Gasteiger charge is 2.26. The lowest BCUT2D eigenvalue weighted by Gasteiger charge is -2.12. The molecule has 68 valence electrons. The third-order valence-corrected chi connectivity index (χ3v) is 2.29. The Morgan fingerprint density at radius 2 is 2.23 bits per heavy atom. The van der Waals surface area contributed by atoms with Gasteiger partial charge in [-0.25, -0.2) is 4.39 Å². The van der Waals surface area contributed by atoms with E-state index in [2.05, 4.69) is 15.9 Å². The Morgan fingerprint density at radius 1 is 1.62 bits per heavy atom. The Balaban J connectivity index is 3.23. The third kappa shape index (κ3) is 2.43. The minimum Gasteiger partial charge on any atom is -0.208 e. The minimum atomic E-state index is -2.05. The molecule has 0 aliphatic carbocycles. The molecule has 0 fully saturated rings. The molecule has 4 heteroatoms. The first kappa shape index (κ1) is 10.5. The van der Waals surface area contributed by atoms with Crippen LogP contribution in [0.3, 0.4) is 0 Å². The van der Waals surface area contributed by atoms with Crippen molar-refractivity contribution in [3.8, 4) is 6.07 Å². The van der Waals surface area contributed by atoms with Gasteiger partial charge in [0.1, 0.15) is 0 Å². The van der Waals surface area contributed by atoms with E-state index in [0.717, 1.165) is 0 Å². The SMILES string of the molecule is Cc1cc(C#N)ccc1C(F)(Cl)Br. The molecule has 0 aliphatic rings. The van der Waals surface area contributed by atoms with E-state index in [1.165, 1.54) is 12.1 Å². The molecule has 0 aromatic heterocycles. The fraction of sp³-hybridized carbons (Fsp3) is 0.222. The number of halogens is 3. The quantitative estimate of drug-likeness (QED) is 0.710. The number of hydrogen-bond donors (Lipinski definition) is 0. The van der Waals surface area contributed by atoms with E-state index in [0.29, 0.717) is 16.7 Å². The highest BCUT2D eigenvalue weighted by Crippen LogP contribution is 2.39. The van der Waals surface area contributed by atoms with Crippen molar-refractivity contribution in [2.24, 2.45) is 0 Å². The summed E-state index contributed by atoms with van der Waals surface area (Å²) in [4.78, 5) is 0. The largest absolute Gasteiger partial charge is 0.263 e. The number of benzene rings is 1. The van der Waals surface area contributed by atoms with Gasteiger partial charge in [-0.2, -0.15) is 5.26 Å². The Bertz CT molecular complexity index is 365. The minimum absolute atomic E-state index is 0.327. The van der Waals surface area contributed by atoms with Gasteiger partial charge in [-0.05, 0) is 40.5 Å². The maximum Gasteiger partial charge on any atom is 0.263 e. The first-order valence-electron chi connectivity index (χ1n) is 3.53. The van der Waals surface area contributed by atoms with E-state index in [1.807, 2.05) is 6.07 Å². The zero-order chi connectivity index (χ0) is 10.1. The molecule has 0 radical (unpaired) electrons. The second kappa shape index (κ2) is 3.65. The van der Waals surface area contributed by atoms with Crippen LogP contribution in [0.1, 0.15) is 16.7 Å². The number of nitrogens with zero attached hydrogens (tertiary/aromatic N) is 1. The van der Waals surface area contributed by atoms with Crippen molar-refractivity contribution in [1.29, 1.82) is 5.26 Å². The Morgan fingerprint density at radius 3 is 2.62 bits per heavy atom. The van der Waals surface area contributed by atoms with Gasteiger partial charge >= 0.3 is 0 Å².